The Labute approximate surface area is 174 Å². The summed E-state index contributed by atoms with van der Waals surface area (Å²) in [6, 6.07) is 4.73. The molecule has 0 saturated heterocycles. The molecular weight excluding hydrogens is 396 g/mol. The number of ether oxygens (including phenoxy) is 1. The quantitative estimate of drug-likeness (QED) is 0.666. The zero-order chi connectivity index (χ0) is 20.9. The van der Waals surface area contributed by atoms with Gasteiger partial charge in [0.15, 0.2) is 0 Å². The fraction of sp³-hybridized carbons (Fsp3) is 0.550. The molecule has 0 atom stereocenters. The van der Waals surface area contributed by atoms with Crippen LogP contribution < -0.4 is 11.0 Å². The van der Waals surface area contributed by atoms with Crippen LogP contribution in [0, 0.1) is 0 Å². The second-order valence-corrected chi connectivity index (χ2v) is 7.90. The number of rotatable bonds is 7. The zero-order valence-electron chi connectivity index (χ0n) is 16.6. The minimum Gasteiger partial charge on any atom is -0.388 e. The number of methoxy groups -OCH3 is 1. The first-order valence-electron chi connectivity index (χ1n) is 9.87. The third-order valence-electron chi connectivity index (χ3n) is 5.32. The summed E-state index contributed by atoms with van der Waals surface area (Å²) in [5, 5.41) is 17.9. The number of amides is 1. The largest absolute Gasteiger partial charge is 0.388 e. The molecule has 0 radical (unpaired) electrons. The molecule has 1 aliphatic carbocycles. The van der Waals surface area contributed by atoms with Crippen LogP contribution in [0.25, 0.3) is 5.69 Å². The van der Waals surface area contributed by atoms with Gasteiger partial charge < -0.3 is 15.2 Å². The van der Waals surface area contributed by atoms with Gasteiger partial charge in [0.2, 0.25) is 0 Å². The minimum absolute atomic E-state index is 0.179. The predicted octanol–water partition coefficient (Wildman–Crippen LogP) is 2.15. The van der Waals surface area contributed by atoms with E-state index in [1.807, 2.05) is 0 Å². The average molecular weight is 423 g/mol. The molecule has 8 nitrogen and oxygen atoms in total. The molecule has 1 aromatic carbocycles. The van der Waals surface area contributed by atoms with Crippen LogP contribution in [0.5, 0.6) is 0 Å². The molecule has 2 N–H and O–H groups in total. The summed E-state index contributed by atoms with van der Waals surface area (Å²) >= 11 is 6.22. The van der Waals surface area contributed by atoms with Crippen molar-refractivity contribution in [1.82, 2.24) is 19.7 Å². The molecule has 2 aromatic rings. The summed E-state index contributed by atoms with van der Waals surface area (Å²) in [6.07, 6.45) is 6.91. The molecule has 1 heterocycles. The van der Waals surface area contributed by atoms with E-state index in [0.717, 1.165) is 25.7 Å². The first-order chi connectivity index (χ1) is 13.9. The fourth-order valence-corrected chi connectivity index (χ4v) is 3.78. The minimum atomic E-state index is -0.882. The number of aliphatic hydroxyl groups is 1. The van der Waals surface area contributed by atoms with Crippen molar-refractivity contribution in [2.24, 2.45) is 0 Å². The van der Waals surface area contributed by atoms with Crippen LogP contribution in [0.4, 0.5) is 0 Å². The lowest BCUT2D eigenvalue weighted by Crippen LogP contribution is -2.42. The van der Waals surface area contributed by atoms with Crippen LogP contribution >= 0.6 is 11.6 Å². The van der Waals surface area contributed by atoms with Gasteiger partial charge in [0.1, 0.15) is 6.33 Å². The number of carbonyl (C=O) groups is 1. The van der Waals surface area contributed by atoms with Crippen molar-refractivity contribution in [3.05, 3.63) is 45.6 Å². The van der Waals surface area contributed by atoms with E-state index in [0.29, 0.717) is 31.7 Å². The van der Waals surface area contributed by atoms with E-state index >= 15 is 0 Å². The molecule has 1 aliphatic rings. The number of aromatic nitrogens is 3. The SMILES string of the molecule is COCCn1cnn(-c2ccc(Cl)c(C(=O)NCC3(O)CCCCCC3)c2)c1=O. The Hall–Kier alpha value is -2.16. The molecular formula is C20H27ClN4O4. The lowest BCUT2D eigenvalue weighted by molar-refractivity contribution is 0.0246. The third-order valence-corrected chi connectivity index (χ3v) is 5.65. The Morgan fingerprint density at radius 2 is 2.03 bits per heavy atom. The second kappa shape index (κ2) is 9.56. The van der Waals surface area contributed by atoms with E-state index in [1.165, 1.54) is 21.6 Å². The van der Waals surface area contributed by atoms with Crippen molar-refractivity contribution in [1.29, 1.82) is 0 Å². The maximum absolute atomic E-state index is 12.7. The highest BCUT2D eigenvalue weighted by Crippen LogP contribution is 2.26. The van der Waals surface area contributed by atoms with E-state index in [2.05, 4.69) is 10.4 Å². The molecule has 0 bridgehead atoms. The summed E-state index contributed by atoms with van der Waals surface area (Å²) in [5.41, 5.74) is -0.537. The molecule has 1 amide bonds. The highest BCUT2D eigenvalue weighted by molar-refractivity contribution is 6.33. The van der Waals surface area contributed by atoms with Crippen LogP contribution in [0.1, 0.15) is 48.9 Å². The van der Waals surface area contributed by atoms with Gasteiger partial charge in [0, 0.05) is 13.7 Å². The van der Waals surface area contributed by atoms with E-state index < -0.39 is 5.60 Å². The molecule has 0 spiro atoms. The Balaban J connectivity index is 1.76. The molecule has 1 aromatic heterocycles. The summed E-state index contributed by atoms with van der Waals surface area (Å²) in [6.45, 7) is 0.954. The smallest absolute Gasteiger partial charge is 0.350 e. The highest BCUT2D eigenvalue weighted by atomic mass is 35.5. The number of nitrogens with one attached hydrogen (secondary N) is 1. The number of carbonyl (C=O) groups excluding carboxylic acids is 1. The number of benzene rings is 1. The van der Waals surface area contributed by atoms with Crippen LogP contribution in [-0.2, 0) is 11.3 Å². The van der Waals surface area contributed by atoms with E-state index in [-0.39, 0.29) is 28.7 Å². The van der Waals surface area contributed by atoms with Crippen molar-refractivity contribution >= 4 is 17.5 Å². The fourth-order valence-electron chi connectivity index (χ4n) is 3.58. The third kappa shape index (κ3) is 5.26. The predicted molar refractivity (Wildman–Crippen MR) is 110 cm³/mol. The van der Waals surface area contributed by atoms with Crippen molar-refractivity contribution < 1.29 is 14.6 Å². The van der Waals surface area contributed by atoms with Crippen molar-refractivity contribution in [2.75, 3.05) is 20.3 Å². The Morgan fingerprint density at radius 3 is 2.72 bits per heavy atom. The van der Waals surface area contributed by atoms with Gasteiger partial charge in [-0.15, -0.1) is 0 Å². The molecule has 158 valence electrons. The van der Waals surface area contributed by atoms with E-state index in [9.17, 15) is 14.7 Å². The molecule has 1 saturated carbocycles. The van der Waals surface area contributed by atoms with Gasteiger partial charge >= 0.3 is 5.69 Å². The van der Waals surface area contributed by atoms with Gasteiger partial charge in [-0.3, -0.25) is 9.36 Å². The summed E-state index contributed by atoms with van der Waals surface area (Å²) in [5.74, 6) is -0.388. The summed E-state index contributed by atoms with van der Waals surface area (Å²) in [4.78, 5) is 25.2. The molecule has 1 fully saturated rings. The Morgan fingerprint density at radius 1 is 1.31 bits per heavy atom. The van der Waals surface area contributed by atoms with Crippen LogP contribution in [0.2, 0.25) is 5.02 Å². The molecule has 3 rings (SSSR count). The summed E-state index contributed by atoms with van der Waals surface area (Å²) < 4.78 is 7.63. The van der Waals surface area contributed by atoms with E-state index in [1.54, 1.807) is 19.2 Å². The van der Waals surface area contributed by atoms with E-state index in [4.69, 9.17) is 16.3 Å². The van der Waals surface area contributed by atoms with Crippen molar-refractivity contribution in [3.8, 4) is 5.69 Å². The Kier molecular flexibility index (Phi) is 7.10. The van der Waals surface area contributed by atoms with Gasteiger partial charge in [-0.2, -0.15) is 9.78 Å². The molecule has 0 aliphatic heterocycles. The van der Waals surface area contributed by atoms with Gasteiger partial charge in [0.25, 0.3) is 5.91 Å². The van der Waals surface area contributed by atoms with Gasteiger partial charge in [-0.25, -0.2) is 4.79 Å². The maximum atomic E-state index is 12.7. The van der Waals surface area contributed by atoms with Crippen molar-refractivity contribution in [2.45, 2.75) is 50.7 Å². The van der Waals surface area contributed by atoms with Crippen LogP contribution in [-0.4, -0.2) is 51.2 Å². The normalized spacial score (nSPS) is 16.4. The first-order valence-corrected chi connectivity index (χ1v) is 10.3. The number of hydrogen-bond donors (Lipinski definition) is 2. The topological polar surface area (TPSA) is 98.4 Å². The maximum Gasteiger partial charge on any atom is 0.350 e. The van der Waals surface area contributed by atoms with Crippen LogP contribution in [0.3, 0.4) is 0 Å². The summed E-state index contributed by atoms with van der Waals surface area (Å²) in [7, 11) is 1.56. The Bertz CT molecular complexity index is 900. The average Bonchev–Trinajstić information content (AvgIpc) is 2.93. The lowest BCUT2D eigenvalue weighted by atomic mass is 9.94. The number of nitrogens with zero attached hydrogens (tertiary/aromatic N) is 3. The first kappa shape index (κ1) is 21.5. The molecule has 0 unspecified atom stereocenters. The zero-order valence-corrected chi connectivity index (χ0v) is 17.3. The van der Waals surface area contributed by atoms with Gasteiger partial charge in [0.05, 0.1) is 35.0 Å². The monoisotopic (exact) mass is 422 g/mol. The number of hydrogen-bond acceptors (Lipinski definition) is 5. The van der Waals surface area contributed by atoms with Gasteiger partial charge in [-0.05, 0) is 31.0 Å². The highest BCUT2D eigenvalue weighted by Gasteiger charge is 2.28. The lowest BCUT2D eigenvalue weighted by Gasteiger charge is -2.26. The molecule has 29 heavy (non-hydrogen) atoms. The molecule has 9 heteroatoms. The standard InChI is InChI=1S/C20H27ClN4O4/c1-29-11-10-24-14-23-25(19(24)27)15-6-7-17(21)16(12-15)18(26)22-13-20(28)8-4-2-3-5-9-20/h6-7,12,14,28H,2-5,8-11,13H2,1H3,(H,22,26). The van der Waals surface area contributed by atoms with Gasteiger partial charge in [-0.1, -0.05) is 37.3 Å². The van der Waals surface area contributed by atoms with Crippen LogP contribution in [0.15, 0.2) is 29.3 Å². The second-order valence-electron chi connectivity index (χ2n) is 7.50. The van der Waals surface area contributed by atoms with Crippen molar-refractivity contribution in [3.63, 3.8) is 0 Å². The number of halogens is 1.